The second-order valence-corrected chi connectivity index (χ2v) is 13.9. The van der Waals surface area contributed by atoms with Crippen molar-refractivity contribution in [3.05, 3.63) is 188 Å². The van der Waals surface area contributed by atoms with Gasteiger partial charge in [0, 0.05) is 48.6 Å². The lowest BCUT2D eigenvalue weighted by molar-refractivity contribution is 0.670. The SMILES string of the molecule is c1ccc(-c2ccccc2N(c2ccc(-c3cccc4c3oc3ccccc34)cc2)c2c(-c3ccccc3)ccc3c2sc2ccccc23)cc1. The van der Waals surface area contributed by atoms with Crippen molar-refractivity contribution in [3.63, 3.8) is 0 Å². The quantitative estimate of drug-likeness (QED) is 0.175. The molecule has 0 N–H and O–H groups in total. The van der Waals surface area contributed by atoms with E-state index in [0.29, 0.717) is 0 Å². The smallest absolute Gasteiger partial charge is 0.143 e. The number of rotatable bonds is 6. The van der Waals surface area contributed by atoms with Gasteiger partial charge in [0.1, 0.15) is 11.2 Å². The third-order valence-electron chi connectivity index (χ3n) is 9.90. The van der Waals surface area contributed by atoms with Crippen LogP contribution in [0.1, 0.15) is 0 Å². The molecule has 2 aromatic heterocycles. The van der Waals surface area contributed by atoms with Crippen LogP contribution in [0.25, 0.3) is 75.5 Å². The molecular formula is C48H31NOS. The van der Waals surface area contributed by atoms with Gasteiger partial charge in [0.05, 0.1) is 16.1 Å². The molecule has 10 aromatic rings. The minimum Gasteiger partial charge on any atom is -0.455 e. The Morgan fingerprint density at radius 3 is 1.80 bits per heavy atom. The summed E-state index contributed by atoms with van der Waals surface area (Å²) >= 11 is 1.87. The number of furan rings is 1. The first-order valence-corrected chi connectivity index (χ1v) is 18.1. The highest BCUT2D eigenvalue weighted by Crippen LogP contribution is 2.51. The molecule has 0 unspecified atom stereocenters. The predicted molar refractivity (Wildman–Crippen MR) is 218 cm³/mol. The third kappa shape index (κ3) is 4.93. The van der Waals surface area contributed by atoms with Gasteiger partial charge in [-0.2, -0.15) is 0 Å². The van der Waals surface area contributed by atoms with Crippen molar-refractivity contribution in [1.29, 1.82) is 0 Å². The molecular weight excluding hydrogens is 639 g/mol. The standard InChI is InChI=1S/C48H31NOS/c1-3-14-32(15-4-1)36-18-7-10-23-43(36)49(35-28-26-34(27-29-35)38-21-13-22-41-39-19-8-11-24-44(39)50-47(38)41)46-37(33-16-5-2-6-17-33)30-31-42-40-20-9-12-25-45(40)51-48(42)46/h1-31H. The molecule has 3 heteroatoms. The number of fused-ring (bicyclic) bond motifs is 6. The minimum absolute atomic E-state index is 0.908. The lowest BCUT2D eigenvalue weighted by Crippen LogP contribution is -2.12. The molecule has 0 atom stereocenters. The maximum Gasteiger partial charge on any atom is 0.143 e. The van der Waals surface area contributed by atoms with E-state index in [1.165, 1.54) is 48.1 Å². The number of para-hydroxylation sites is 3. The fourth-order valence-corrected chi connectivity index (χ4v) is 8.77. The summed E-state index contributed by atoms with van der Waals surface area (Å²) in [6, 6.07) is 67.4. The van der Waals surface area contributed by atoms with Crippen LogP contribution in [-0.2, 0) is 0 Å². The van der Waals surface area contributed by atoms with E-state index in [4.69, 9.17) is 4.42 Å². The molecule has 0 saturated heterocycles. The van der Waals surface area contributed by atoms with Gasteiger partial charge < -0.3 is 9.32 Å². The average Bonchev–Trinajstić information content (AvgIpc) is 3.78. The molecule has 8 aromatic carbocycles. The van der Waals surface area contributed by atoms with Crippen LogP contribution < -0.4 is 4.90 Å². The molecule has 0 bridgehead atoms. The number of hydrogen-bond acceptors (Lipinski definition) is 3. The largest absolute Gasteiger partial charge is 0.455 e. The normalized spacial score (nSPS) is 11.5. The zero-order chi connectivity index (χ0) is 33.7. The van der Waals surface area contributed by atoms with Crippen LogP contribution in [-0.4, -0.2) is 0 Å². The molecule has 0 fully saturated rings. The minimum atomic E-state index is 0.908. The molecule has 0 aliphatic heterocycles. The van der Waals surface area contributed by atoms with Crippen molar-refractivity contribution < 1.29 is 4.42 Å². The Morgan fingerprint density at radius 1 is 0.392 bits per heavy atom. The van der Waals surface area contributed by atoms with Crippen molar-refractivity contribution in [2.45, 2.75) is 0 Å². The number of hydrogen-bond donors (Lipinski definition) is 0. The summed E-state index contributed by atoms with van der Waals surface area (Å²) in [6.45, 7) is 0. The summed E-state index contributed by atoms with van der Waals surface area (Å²) in [5, 5.41) is 4.82. The maximum atomic E-state index is 6.45. The lowest BCUT2D eigenvalue weighted by Gasteiger charge is -2.30. The van der Waals surface area contributed by atoms with Crippen LogP contribution in [0.15, 0.2) is 192 Å². The second kappa shape index (κ2) is 12.2. The van der Waals surface area contributed by atoms with Crippen molar-refractivity contribution in [2.75, 3.05) is 4.90 Å². The number of thiophene rings is 1. The van der Waals surface area contributed by atoms with Gasteiger partial charge in [-0.05, 0) is 47.0 Å². The number of nitrogens with zero attached hydrogens (tertiary/aromatic N) is 1. The van der Waals surface area contributed by atoms with Gasteiger partial charge in [-0.1, -0.05) is 158 Å². The van der Waals surface area contributed by atoms with Crippen LogP contribution >= 0.6 is 11.3 Å². The summed E-state index contributed by atoms with van der Waals surface area (Å²) in [6.07, 6.45) is 0. The summed E-state index contributed by atoms with van der Waals surface area (Å²) < 4.78 is 8.99. The van der Waals surface area contributed by atoms with Crippen molar-refractivity contribution >= 4 is 70.5 Å². The van der Waals surface area contributed by atoms with E-state index in [-0.39, 0.29) is 0 Å². The number of anilines is 3. The Morgan fingerprint density at radius 2 is 1.00 bits per heavy atom. The highest BCUT2D eigenvalue weighted by molar-refractivity contribution is 7.26. The Balaban J connectivity index is 1.24. The van der Waals surface area contributed by atoms with Crippen LogP contribution in [0.3, 0.4) is 0 Å². The molecule has 10 rings (SSSR count). The first kappa shape index (κ1) is 29.5. The molecule has 0 amide bonds. The average molecular weight is 670 g/mol. The van der Waals surface area contributed by atoms with Crippen LogP contribution in [0.2, 0.25) is 0 Å². The molecule has 240 valence electrons. The van der Waals surface area contributed by atoms with Crippen molar-refractivity contribution in [1.82, 2.24) is 0 Å². The van der Waals surface area contributed by atoms with Gasteiger partial charge in [0.15, 0.2) is 0 Å². The Bertz CT molecular complexity index is 2850. The highest BCUT2D eigenvalue weighted by atomic mass is 32.1. The molecule has 0 aliphatic rings. The summed E-state index contributed by atoms with van der Waals surface area (Å²) in [4.78, 5) is 2.48. The summed E-state index contributed by atoms with van der Waals surface area (Å²) in [7, 11) is 0. The fourth-order valence-electron chi connectivity index (χ4n) is 7.53. The van der Waals surface area contributed by atoms with Gasteiger partial charge >= 0.3 is 0 Å². The Hall–Kier alpha value is -6.42. The molecule has 2 heterocycles. The predicted octanol–water partition coefficient (Wildman–Crippen LogP) is 14.4. The van der Waals surface area contributed by atoms with E-state index in [0.717, 1.165) is 44.4 Å². The van der Waals surface area contributed by atoms with Gasteiger partial charge in [-0.25, -0.2) is 0 Å². The van der Waals surface area contributed by atoms with E-state index in [9.17, 15) is 0 Å². The third-order valence-corrected chi connectivity index (χ3v) is 11.1. The molecule has 51 heavy (non-hydrogen) atoms. The van der Waals surface area contributed by atoms with E-state index in [1.807, 2.05) is 23.5 Å². The van der Waals surface area contributed by atoms with Crippen LogP contribution in [0, 0.1) is 0 Å². The van der Waals surface area contributed by atoms with E-state index in [2.05, 4.69) is 181 Å². The van der Waals surface area contributed by atoms with Crippen molar-refractivity contribution in [2.24, 2.45) is 0 Å². The lowest BCUT2D eigenvalue weighted by atomic mass is 9.97. The zero-order valence-electron chi connectivity index (χ0n) is 27.7. The van der Waals surface area contributed by atoms with Crippen LogP contribution in [0.4, 0.5) is 17.1 Å². The van der Waals surface area contributed by atoms with E-state index < -0.39 is 0 Å². The topological polar surface area (TPSA) is 16.4 Å². The highest BCUT2D eigenvalue weighted by Gasteiger charge is 2.25. The molecule has 0 spiro atoms. The van der Waals surface area contributed by atoms with Gasteiger partial charge in [0.2, 0.25) is 0 Å². The first-order valence-electron chi connectivity index (χ1n) is 17.3. The maximum absolute atomic E-state index is 6.45. The molecule has 0 aliphatic carbocycles. The molecule has 0 saturated carbocycles. The van der Waals surface area contributed by atoms with Gasteiger partial charge in [0.25, 0.3) is 0 Å². The van der Waals surface area contributed by atoms with Gasteiger partial charge in [-0.3, -0.25) is 0 Å². The summed E-state index contributed by atoms with van der Waals surface area (Å²) in [5.41, 5.74) is 12.1. The zero-order valence-corrected chi connectivity index (χ0v) is 28.5. The van der Waals surface area contributed by atoms with Crippen LogP contribution in [0.5, 0.6) is 0 Å². The Kier molecular flexibility index (Phi) is 7.04. The fraction of sp³-hybridized carbons (Fsp3) is 0. The second-order valence-electron chi connectivity index (χ2n) is 12.8. The van der Waals surface area contributed by atoms with E-state index in [1.54, 1.807) is 0 Å². The summed E-state index contributed by atoms with van der Waals surface area (Å²) in [5.74, 6) is 0. The van der Waals surface area contributed by atoms with Gasteiger partial charge in [-0.15, -0.1) is 11.3 Å². The molecule has 0 radical (unpaired) electrons. The number of benzene rings is 8. The molecule has 2 nitrogen and oxygen atoms in total. The monoisotopic (exact) mass is 669 g/mol. The van der Waals surface area contributed by atoms with Crippen molar-refractivity contribution in [3.8, 4) is 33.4 Å². The Labute approximate surface area is 300 Å². The van der Waals surface area contributed by atoms with E-state index >= 15 is 0 Å². The first-order chi connectivity index (χ1) is 25.3.